The number of amides is 1. The molecule has 7 heteroatoms. The summed E-state index contributed by atoms with van der Waals surface area (Å²) >= 11 is 0. The molecule has 1 aliphatic heterocycles. The topological polar surface area (TPSA) is 75.4 Å². The number of piperidine rings is 1. The Labute approximate surface area is 152 Å². The second-order valence-corrected chi connectivity index (χ2v) is 6.60. The highest BCUT2D eigenvalue weighted by atomic mass is 16.1. The van der Waals surface area contributed by atoms with Gasteiger partial charge in [-0.15, -0.1) is 0 Å². The van der Waals surface area contributed by atoms with Crippen molar-refractivity contribution in [3.05, 3.63) is 53.6 Å². The zero-order chi connectivity index (χ0) is 17.9. The molecular formula is C19H22N6O. The van der Waals surface area contributed by atoms with Gasteiger partial charge in [0, 0.05) is 38.2 Å². The normalized spacial score (nSPS) is 14.6. The van der Waals surface area contributed by atoms with E-state index in [9.17, 15) is 4.79 Å². The number of hydrogen-bond acceptors (Lipinski definition) is 5. The number of nitrogens with zero attached hydrogens (tertiary/aromatic N) is 5. The summed E-state index contributed by atoms with van der Waals surface area (Å²) in [6.45, 7) is 4.38. The molecule has 4 heterocycles. The number of rotatable bonds is 4. The summed E-state index contributed by atoms with van der Waals surface area (Å²) in [5.74, 6) is 0.831. The molecule has 1 aliphatic rings. The van der Waals surface area contributed by atoms with E-state index in [0.717, 1.165) is 24.5 Å². The van der Waals surface area contributed by atoms with Crippen LogP contribution in [0, 0.1) is 6.92 Å². The highest BCUT2D eigenvalue weighted by Crippen LogP contribution is 2.18. The molecule has 0 unspecified atom stereocenters. The molecule has 1 N–H and O–H groups in total. The number of aryl methyl sites for hydroxylation is 1. The van der Waals surface area contributed by atoms with Crippen molar-refractivity contribution in [3.63, 3.8) is 0 Å². The molecule has 0 aromatic carbocycles. The summed E-state index contributed by atoms with van der Waals surface area (Å²) in [6.07, 6.45) is 8.99. The van der Waals surface area contributed by atoms with Crippen LogP contribution in [-0.4, -0.2) is 38.6 Å². The Hall–Kier alpha value is -2.96. The van der Waals surface area contributed by atoms with Gasteiger partial charge in [0.15, 0.2) is 5.65 Å². The first kappa shape index (κ1) is 16.5. The first-order valence-corrected chi connectivity index (χ1v) is 9.00. The van der Waals surface area contributed by atoms with E-state index in [-0.39, 0.29) is 5.91 Å². The van der Waals surface area contributed by atoms with Crippen molar-refractivity contribution in [2.45, 2.75) is 32.7 Å². The van der Waals surface area contributed by atoms with Crippen LogP contribution in [0.25, 0.3) is 5.65 Å². The molecule has 1 fully saturated rings. The van der Waals surface area contributed by atoms with Gasteiger partial charge in [0.25, 0.3) is 5.91 Å². The van der Waals surface area contributed by atoms with Gasteiger partial charge in [-0.25, -0.2) is 14.5 Å². The van der Waals surface area contributed by atoms with Crippen LogP contribution < -0.4 is 10.2 Å². The molecule has 3 aromatic rings. The molecule has 0 atom stereocenters. The fourth-order valence-corrected chi connectivity index (χ4v) is 3.40. The quantitative estimate of drug-likeness (QED) is 0.782. The Morgan fingerprint density at radius 3 is 2.88 bits per heavy atom. The Balaban J connectivity index is 1.48. The standard InChI is InChI=1S/C19H22N6O/c1-14-17(18-21-7-5-11-25(18)23-14)19(26)22-13-15-6-8-20-16(12-15)24-9-3-2-4-10-24/h5-8,11-12H,2-4,9-10,13H2,1H3,(H,22,26). The smallest absolute Gasteiger partial charge is 0.257 e. The maximum Gasteiger partial charge on any atom is 0.257 e. The zero-order valence-electron chi connectivity index (χ0n) is 14.9. The SMILES string of the molecule is Cc1nn2cccnc2c1C(=O)NCc1ccnc(N2CCCCC2)c1. The lowest BCUT2D eigenvalue weighted by Gasteiger charge is -2.27. The number of aromatic nitrogens is 4. The van der Waals surface area contributed by atoms with Gasteiger partial charge in [-0.3, -0.25) is 4.79 Å². The van der Waals surface area contributed by atoms with E-state index in [2.05, 4.69) is 31.3 Å². The van der Waals surface area contributed by atoms with Crippen molar-refractivity contribution in [1.29, 1.82) is 0 Å². The minimum atomic E-state index is -0.160. The highest BCUT2D eigenvalue weighted by Gasteiger charge is 2.18. The molecule has 0 aliphatic carbocycles. The molecule has 0 radical (unpaired) electrons. The van der Waals surface area contributed by atoms with Crippen LogP contribution in [0.15, 0.2) is 36.8 Å². The van der Waals surface area contributed by atoms with Crippen LogP contribution in [0.1, 0.15) is 40.9 Å². The Bertz CT molecular complexity index is 929. The van der Waals surface area contributed by atoms with Crippen LogP contribution in [-0.2, 0) is 6.54 Å². The minimum absolute atomic E-state index is 0.160. The molecule has 1 amide bonds. The van der Waals surface area contributed by atoms with Crippen LogP contribution in [0.5, 0.6) is 0 Å². The van der Waals surface area contributed by atoms with E-state index in [1.165, 1.54) is 19.3 Å². The number of nitrogens with one attached hydrogen (secondary N) is 1. The van der Waals surface area contributed by atoms with Crippen LogP contribution in [0.2, 0.25) is 0 Å². The van der Waals surface area contributed by atoms with E-state index < -0.39 is 0 Å². The molecule has 0 spiro atoms. The van der Waals surface area contributed by atoms with Crippen molar-refractivity contribution in [1.82, 2.24) is 24.9 Å². The predicted molar refractivity (Wildman–Crippen MR) is 99.2 cm³/mol. The van der Waals surface area contributed by atoms with Gasteiger partial charge >= 0.3 is 0 Å². The lowest BCUT2D eigenvalue weighted by Crippen LogP contribution is -2.30. The highest BCUT2D eigenvalue weighted by molar-refractivity contribution is 6.00. The summed E-state index contributed by atoms with van der Waals surface area (Å²) in [5.41, 5.74) is 2.81. The fourth-order valence-electron chi connectivity index (χ4n) is 3.40. The average Bonchev–Trinajstić information content (AvgIpc) is 3.03. The van der Waals surface area contributed by atoms with Gasteiger partial charge in [-0.1, -0.05) is 0 Å². The predicted octanol–water partition coefficient (Wildman–Crippen LogP) is 2.35. The van der Waals surface area contributed by atoms with E-state index in [1.54, 1.807) is 23.0 Å². The second-order valence-electron chi connectivity index (χ2n) is 6.60. The molecule has 26 heavy (non-hydrogen) atoms. The third-order valence-corrected chi connectivity index (χ3v) is 4.74. The lowest BCUT2D eigenvalue weighted by atomic mass is 10.1. The third kappa shape index (κ3) is 3.24. The number of hydrogen-bond donors (Lipinski definition) is 1. The number of carbonyl (C=O) groups is 1. The summed E-state index contributed by atoms with van der Waals surface area (Å²) in [6, 6.07) is 5.79. The minimum Gasteiger partial charge on any atom is -0.357 e. The summed E-state index contributed by atoms with van der Waals surface area (Å²) in [5, 5.41) is 7.33. The Kier molecular flexibility index (Phi) is 4.51. The first-order chi connectivity index (χ1) is 12.7. The second kappa shape index (κ2) is 7.11. The van der Waals surface area contributed by atoms with Crippen LogP contribution in [0.4, 0.5) is 5.82 Å². The van der Waals surface area contributed by atoms with Crippen molar-refractivity contribution < 1.29 is 4.79 Å². The number of fused-ring (bicyclic) bond motifs is 1. The average molecular weight is 350 g/mol. The summed E-state index contributed by atoms with van der Waals surface area (Å²) in [7, 11) is 0. The van der Waals surface area contributed by atoms with E-state index in [0.29, 0.717) is 23.4 Å². The van der Waals surface area contributed by atoms with Gasteiger partial charge in [0.2, 0.25) is 0 Å². The van der Waals surface area contributed by atoms with Crippen molar-refractivity contribution in [3.8, 4) is 0 Å². The van der Waals surface area contributed by atoms with Crippen molar-refractivity contribution in [2.24, 2.45) is 0 Å². The van der Waals surface area contributed by atoms with Gasteiger partial charge in [-0.2, -0.15) is 5.10 Å². The van der Waals surface area contributed by atoms with E-state index >= 15 is 0 Å². The largest absolute Gasteiger partial charge is 0.357 e. The van der Waals surface area contributed by atoms with Gasteiger partial charge in [0.05, 0.1) is 5.69 Å². The lowest BCUT2D eigenvalue weighted by molar-refractivity contribution is 0.0951. The van der Waals surface area contributed by atoms with Crippen LogP contribution in [0.3, 0.4) is 0 Å². The molecule has 4 rings (SSSR count). The third-order valence-electron chi connectivity index (χ3n) is 4.74. The summed E-state index contributed by atoms with van der Waals surface area (Å²) < 4.78 is 1.63. The van der Waals surface area contributed by atoms with Crippen molar-refractivity contribution in [2.75, 3.05) is 18.0 Å². The molecule has 0 saturated carbocycles. The maximum atomic E-state index is 12.7. The number of carbonyl (C=O) groups excluding carboxylic acids is 1. The summed E-state index contributed by atoms with van der Waals surface area (Å²) in [4.78, 5) is 23.7. The van der Waals surface area contributed by atoms with Crippen molar-refractivity contribution >= 4 is 17.4 Å². The van der Waals surface area contributed by atoms with Crippen LogP contribution >= 0.6 is 0 Å². The Morgan fingerprint density at radius 2 is 2.04 bits per heavy atom. The molecular weight excluding hydrogens is 328 g/mol. The van der Waals surface area contributed by atoms with Gasteiger partial charge in [-0.05, 0) is 49.9 Å². The fraction of sp³-hybridized carbons (Fsp3) is 0.368. The molecule has 3 aromatic heterocycles. The molecule has 1 saturated heterocycles. The first-order valence-electron chi connectivity index (χ1n) is 9.00. The van der Waals surface area contributed by atoms with E-state index in [4.69, 9.17) is 0 Å². The molecule has 7 nitrogen and oxygen atoms in total. The molecule has 134 valence electrons. The van der Waals surface area contributed by atoms with E-state index in [1.807, 2.05) is 19.2 Å². The monoisotopic (exact) mass is 350 g/mol. The number of pyridine rings is 1. The van der Waals surface area contributed by atoms with Gasteiger partial charge in [0.1, 0.15) is 11.4 Å². The Morgan fingerprint density at radius 1 is 1.19 bits per heavy atom. The van der Waals surface area contributed by atoms with Gasteiger partial charge < -0.3 is 10.2 Å². The number of anilines is 1. The zero-order valence-corrected chi connectivity index (χ0v) is 14.9. The maximum absolute atomic E-state index is 12.7. The molecule has 0 bridgehead atoms.